The maximum Gasteiger partial charge on any atom is 0.250 e. The summed E-state index contributed by atoms with van der Waals surface area (Å²) in [5, 5.41) is 9.65. The van der Waals surface area contributed by atoms with E-state index in [1.54, 1.807) is 0 Å². The topological polar surface area (TPSA) is 36.3 Å². The second-order valence-corrected chi connectivity index (χ2v) is 12.4. The van der Waals surface area contributed by atoms with Gasteiger partial charge in [-0.1, -0.05) is 27.2 Å². The van der Waals surface area contributed by atoms with E-state index >= 15 is 0 Å². The summed E-state index contributed by atoms with van der Waals surface area (Å²) in [5.74, 6) is 1.08. The van der Waals surface area contributed by atoms with Crippen LogP contribution in [0.5, 0.6) is 0 Å². The molecule has 0 aromatic rings. The summed E-state index contributed by atoms with van der Waals surface area (Å²) < 4.78 is 6.45. The first-order valence-electron chi connectivity index (χ1n) is 7.80. The molecule has 2 aliphatic heterocycles. The van der Waals surface area contributed by atoms with Gasteiger partial charge in [0.1, 0.15) is 6.04 Å². The van der Waals surface area contributed by atoms with E-state index in [1.165, 1.54) is 19.3 Å². The molecule has 0 spiro atoms. The van der Waals surface area contributed by atoms with Crippen LogP contribution < -0.4 is 0 Å². The second kappa shape index (κ2) is 5.54. The Kier molecular flexibility index (Phi) is 4.32. The van der Waals surface area contributed by atoms with Crippen molar-refractivity contribution in [3.05, 3.63) is 11.8 Å². The van der Waals surface area contributed by atoms with Gasteiger partial charge in [-0.25, -0.2) is 0 Å². The highest BCUT2D eigenvalue weighted by molar-refractivity contribution is 6.74. The van der Waals surface area contributed by atoms with Crippen LogP contribution in [0.2, 0.25) is 18.1 Å². The Balaban J connectivity index is 2.17. The maximum absolute atomic E-state index is 9.44. The summed E-state index contributed by atoms with van der Waals surface area (Å²) >= 11 is 0. The molecular formula is C16H28N2OSi. The first-order valence-corrected chi connectivity index (χ1v) is 10.7. The Morgan fingerprint density at radius 3 is 2.65 bits per heavy atom. The van der Waals surface area contributed by atoms with Gasteiger partial charge in [0.25, 0.3) is 0 Å². The van der Waals surface area contributed by atoms with Gasteiger partial charge < -0.3 is 4.43 Å². The Morgan fingerprint density at radius 1 is 1.35 bits per heavy atom. The molecule has 0 aliphatic carbocycles. The summed E-state index contributed by atoms with van der Waals surface area (Å²) in [4.78, 5) is 2.36. The van der Waals surface area contributed by atoms with Gasteiger partial charge in [-0.05, 0) is 37.0 Å². The lowest BCUT2D eigenvalue weighted by molar-refractivity contribution is 0.123. The van der Waals surface area contributed by atoms with E-state index in [-0.39, 0.29) is 11.1 Å². The second-order valence-electron chi connectivity index (χ2n) is 7.65. The highest BCUT2D eigenvalue weighted by Gasteiger charge is 2.41. The Labute approximate surface area is 124 Å². The van der Waals surface area contributed by atoms with Gasteiger partial charge in [0, 0.05) is 19.0 Å². The molecule has 20 heavy (non-hydrogen) atoms. The third-order valence-corrected chi connectivity index (χ3v) is 9.49. The lowest BCUT2D eigenvalue weighted by Crippen LogP contribution is -2.49. The minimum Gasteiger partial charge on any atom is -0.547 e. The highest BCUT2D eigenvalue weighted by Crippen LogP contribution is 2.40. The van der Waals surface area contributed by atoms with Crippen molar-refractivity contribution in [3.63, 3.8) is 0 Å². The number of nitriles is 1. The molecule has 0 N–H and O–H groups in total. The van der Waals surface area contributed by atoms with Crippen molar-refractivity contribution < 1.29 is 4.43 Å². The minimum atomic E-state index is -1.79. The fourth-order valence-corrected chi connectivity index (χ4v) is 3.93. The number of rotatable bonds is 2. The van der Waals surface area contributed by atoms with Gasteiger partial charge in [0.05, 0.1) is 11.8 Å². The van der Waals surface area contributed by atoms with Crippen molar-refractivity contribution in [2.45, 2.75) is 76.7 Å². The molecule has 0 saturated carbocycles. The van der Waals surface area contributed by atoms with Gasteiger partial charge in [0.15, 0.2) is 0 Å². The van der Waals surface area contributed by atoms with Crippen molar-refractivity contribution in [2.24, 2.45) is 0 Å². The molecule has 0 bridgehead atoms. The van der Waals surface area contributed by atoms with Gasteiger partial charge >= 0.3 is 0 Å². The molecule has 3 nitrogen and oxygen atoms in total. The molecule has 2 aliphatic rings. The van der Waals surface area contributed by atoms with Crippen molar-refractivity contribution in [1.29, 1.82) is 5.26 Å². The van der Waals surface area contributed by atoms with Crippen LogP contribution in [0, 0.1) is 11.3 Å². The molecule has 2 atom stereocenters. The monoisotopic (exact) mass is 292 g/mol. The normalized spacial score (nSPS) is 28.3. The summed E-state index contributed by atoms with van der Waals surface area (Å²) in [6, 6.07) is 2.90. The van der Waals surface area contributed by atoms with Crippen LogP contribution in [0.15, 0.2) is 11.8 Å². The molecule has 1 saturated heterocycles. The third kappa shape index (κ3) is 3.10. The molecule has 0 aromatic heterocycles. The van der Waals surface area contributed by atoms with Gasteiger partial charge in [-0.15, -0.1) is 0 Å². The van der Waals surface area contributed by atoms with E-state index in [4.69, 9.17) is 4.43 Å². The number of fused-ring (bicyclic) bond motifs is 1. The zero-order valence-electron chi connectivity index (χ0n) is 13.6. The molecule has 0 unspecified atom stereocenters. The van der Waals surface area contributed by atoms with E-state index in [0.29, 0.717) is 6.04 Å². The number of piperidine rings is 1. The van der Waals surface area contributed by atoms with Crippen molar-refractivity contribution in [3.8, 4) is 6.07 Å². The highest BCUT2D eigenvalue weighted by atomic mass is 28.4. The molecule has 112 valence electrons. The smallest absolute Gasteiger partial charge is 0.250 e. The Morgan fingerprint density at radius 2 is 2.05 bits per heavy atom. The van der Waals surface area contributed by atoms with Gasteiger partial charge in [-0.3, -0.25) is 4.90 Å². The van der Waals surface area contributed by atoms with Gasteiger partial charge in [-0.2, -0.15) is 5.26 Å². The molecule has 0 aromatic carbocycles. The predicted molar refractivity (Wildman–Crippen MR) is 84.7 cm³/mol. The van der Waals surface area contributed by atoms with Crippen molar-refractivity contribution in [1.82, 2.24) is 4.90 Å². The Bertz CT molecular complexity index is 431. The molecule has 4 heteroatoms. The fourth-order valence-electron chi connectivity index (χ4n) is 2.81. The van der Waals surface area contributed by atoms with E-state index in [1.807, 2.05) is 0 Å². The zero-order valence-corrected chi connectivity index (χ0v) is 14.6. The fraction of sp³-hybridized carbons (Fsp3) is 0.812. The average molecular weight is 292 g/mol. The minimum absolute atomic E-state index is 0.00469. The quantitative estimate of drug-likeness (QED) is 0.721. The van der Waals surface area contributed by atoms with Crippen LogP contribution in [-0.4, -0.2) is 31.8 Å². The lowest BCUT2D eigenvalue weighted by Gasteiger charge is -2.44. The van der Waals surface area contributed by atoms with Crippen molar-refractivity contribution >= 4 is 8.32 Å². The van der Waals surface area contributed by atoms with Crippen LogP contribution >= 0.6 is 0 Å². The Hall–Kier alpha value is -0.793. The molecule has 0 radical (unpaired) electrons. The lowest BCUT2D eigenvalue weighted by atomic mass is 9.93. The zero-order chi connectivity index (χ0) is 15.0. The van der Waals surface area contributed by atoms with E-state index in [9.17, 15) is 5.26 Å². The summed E-state index contributed by atoms with van der Waals surface area (Å²) in [6.07, 6.45) is 6.72. The average Bonchev–Trinajstić information content (AvgIpc) is 2.36. The standard InChI is InChI=1S/C16H28N2OSi/c1-16(2,3)20(4,5)19-15-10-13-8-6-7-9-18(13)14(11-15)12-17/h10,13-14H,6-9,11H2,1-5H3/t13-,14+/m1/s1. The van der Waals surface area contributed by atoms with Crippen LogP contribution in [0.3, 0.4) is 0 Å². The summed E-state index contributed by atoms with van der Waals surface area (Å²) in [5.41, 5.74) is 0. The summed E-state index contributed by atoms with van der Waals surface area (Å²) in [6.45, 7) is 12.4. The first-order chi connectivity index (χ1) is 9.24. The largest absolute Gasteiger partial charge is 0.547 e. The molecule has 2 rings (SSSR count). The van der Waals surface area contributed by atoms with Crippen molar-refractivity contribution in [2.75, 3.05) is 6.54 Å². The number of hydrogen-bond acceptors (Lipinski definition) is 3. The van der Waals surface area contributed by atoms with Crippen LogP contribution in [0.4, 0.5) is 0 Å². The van der Waals surface area contributed by atoms with Crippen LogP contribution in [0.25, 0.3) is 0 Å². The molecule has 1 fully saturated rings. The van der Waals surface area contributed by atoms with E-state index in [2.05, 4.69) is 50.9 Å². The SMILES string of the molecule is CC(C)(C)[Si](C)(C)OC1=C[C@H]2CCCCN2[C@H](C#N)C1. The number of nitrogens with zero attached hydrogens (tertiary/aromatic N) is 2. The van der Waals surface area contributed by atoms with Crippen LogP contribution in [-0.2, 0) is 4.43 Å². The predicted octanol–water partition coefficient (Wildman–Crippen LogP) is 4.04. The molecule has 2 heterocycles. The van der Waals surface area contributed by atoms with E-state index in [0.717, 1.165) is 18.7 Å². The third-order valence-electron chi connectivity index (χ3n) is 5.11. The summed E-state index contributed by atoms with van der Waals surface area (Å²) in [7, 11) is -1.79. The van der Waals surface area contributed by atoms with E-state index < -0.39 is 8.32 Å². The molecule has 0 amide bonds. The molecular weight excluding hydrogens is 264 g/mol. The van der Waals surface area contributed by atoms with Crippen LogP contribution in [0.1, 0.15) is 46.5 Å². The maximum atomic E-state index is 9.44. The number of hydrogen-bond donors (Lipinski definition) is 0. The van der Waals surface area contributed by atoms with Gasteiger partial charge in [0.2, 0.25) is 8.32 Å². The first kappa shape index (κ1) is 15.6.